The van der Waals surface area contributed by atoms with E-state index in [0.29, 0.717) is 46.2 Å². The summed E-state index contributed by atoms with van der Waals surface area (Å²) < 4.78 is 0. The molecule has 196 valence electrons. The predicted molar refractivity (Wildman–Crippen MR) is 150 cm³/mol. The molecule has 4 fully saturated rings. The number of rotatable bonds is 9. The Morgan fingerprint density at radius 1 is 1.05 bits per heavy atom. The molecule has 6 rings (SSSR count). The van der Waals surface area contributed by atoms with E-state index in [9.17, 15) is 9.59 Å². The molecular formula is C29H32Cl3N3O2. The molecule has 0 spiro atoms. The van der Waals surface area contributed by atoms with Gasteiger partial charge in [-0.2, -0.15) is 0 Å². The van der Waals surface area contributed by atoms with E-state index < -0.39 is 11.5 Å². The van der Waals surface area contributed by atoms with Gasteiger partial charge in [-0.1, -0.05) is 53.0 Å². The Labute approximate surface area is 233 Å². The van der Waals surface area contributed by atoms with Crippen molar-refractivity contribution < 1.29 is 9.59 Å². The summed E-state index contributed by atoms with van der Waals surface area (Å²) in [6.45, 7) is 3.25. The molecule has 2 atom stereocenters. The molecule has 2 bridgehead atoms. The fraction of sp³-hybridized carbons (Fsp3) is 0.483. The van der Waals surface area contributed by atoms with Crippen LogP contribution in [-0.2, 0) is 21.4 Å². The van der Waals surface area contributed by atoms with Crippen molar-refractivity contribution in [2.75, 3.05) is 19.6 Å². The number of hydrogen-bond donors (Lipinski definition) is 1. The van der Waals surface area contributed by atoms with Gasteiger partial charge in [0, 0.05) is 33.7 Å². The van der Waals surface area contributed by atoms with Crippen molar-refractivity contribution in [2.24, 2.45) is 16.8 Å². The number of carbonyl (C=O) groups is 2. The van der Waals surface area contributed by atoms with Crippen LogP contribution in [0.5, 0.6) is 0 Å². The van der Waals surface area contributed by atoms with E-state index in [-0.39, 0.29) is 11.8 Å². The first-order chi connectivity index (χ1) is 17.8. The highest BCUT2D eigenvalue weighted by Gasteiger charge is 2.53. The largest absolute Gasteiger partial charge is 0.343 e. The van der Waals surface area contributed by atoms with Crippen LogP contribution in [0.15, 0.2) is 47.5 Å². The minimum atomic E-state index is -0.712. The third-order valence-corrected chi connectivity index (χ3v) is 9.01. The fourth-order valence-electron chi connectivity index (χ4n) is 5.78. The van der Waals surface area contributed by atoms with E-state index in [4.69, 9.17) is 34.8 Å². The third-order valence-electron chi connectivity index (χ3n) is 8.21. The van der Waals surface area contributed by atoms with Crippen molar-refractivity contribution in [3.8, 4) is 0 Å². The lowest BCUT2D eigenvalue weighted by Gasteiger charge is -2.43. The van der Waals surface area contributed by atoms with E-state index in [0.717, 1.165) is 56.4 Å². The summed E-state index contributed by atoms with van der Waals surface area (Å²) in [6.07, 6.45) is 7.59. The maximum Gasteiger partial charge on any atom is 0.267 e. The van der Waals surface area contributed by atoms with Crippen LogP contribution in [0.4, 0.5) is 0 Å². The van der Waals surface area contributed by atoms with Crippen molar-refractivity contribution in [3.05, 3.63) is 68.7 Å². The average Bonchev–Trinajstić information content (AvgIpc) is 3.70. The van der Waals surface area contributed by atoms with Crippen molar-refractivity contribution in [2.45, 2.75) is 56.4 Å². The molecule has 0 radical (unpaired) electrons. The van der Waals surface area contributed by atoms with Crippen LogP contribution in [0.3, 0.4) is 0 Å². The van der Waals surface area contributed by atoms with Crippen LogP contribution >= 0.6 is 34.8 Å². The van der Waals surface area contributed by atoms with Gasteiger partial charge in [0.2, 0.25) is 5.91 Å². The van der Waals surface area contributed by atoms with Gasteiger partial charge >= 0.3 is 0 Å². The van der Waals surface area contributed by atoms with E-state index in [1.165, 1.54) is 0 Å². The standard InChI is InChI=1S/C29H32Cl3N3O2/c30-22-6-4-19(5-7-22)2-1-3-26(27(36)33-17-21-18-35-14-10-20(21)11-15-35)34-28(37)29(12-13-29)24-9-8-23(31)16-25(24)32/h4-9,16-17,20-21,26H,1-3,10-15,18H2,(H,34,37)/t21?,26-/m0/s1. The molecule has 2 amide bonds. The van der Waals surface area contributed by atoms with Crippen LogP contribution < -0.4 is 5.32 Å². The SMILES string of the molecule is O=C(N=CC1CN2CCC1CC2)[C@H](CCCc1ccc(Cl)cc1)NC(=O)C1(c2ccc(Cl)cc2Cl)CC1. The number of nitrogens with one attached hydrogen (secondary N) is 1. The van der Waals surface area contributed by atoms with Crippen LogP contribution in [0.25, 0.3) is 0 Å². The second-order valence-corrected chi connectivity index (χ2v) is 11.9. The number of hydrogen-bond acceptors (Lipinski definition) is 3. The van der Waals surface area contributed by atoms with Crippen molar-refractivity contribution in [1.82, 2.24) is 10.2 Å². The quantitative estimate of drug-likeness (QED) is 0.376. The topological polar surface area (TPSA) is 61.8 Å². The van der Waals surface area contributed by atoms with Gasteiger partial charge in [0.1, 0.15) is 6.04 Å². The van der Waals surface area contributed by atoms with Crippen molar-refractivity contribution in [3.63, 3.8) is 0 Å². The average molecular weight is 561 g/mol. The Bertz CT molecular complexity index is 1170. The second kappa shape index (κ2) is 11.4. The number of aryl methyl sites for hydroxylation is 1. The highest BCUT2D eigenvalue weighted by molar-refractivity contribution is 6.35. The van der Waals surface area contributed by atoms with Gasteiger partial charge in [0.25, 0.3) is 5.91 Å². The number of benzene rings is 2. The summed E-state index contributed by atoms with van der Waals surface area (Å²) in [5, 5.41) is 4.76. The zero-order valence-corrected chi connectivity index (χ0v) is 23.0. The van der Waals surface area contributed by atoms with E-state index in [1.54, 1.807) is 12.1 Å². The van der Waals surface area contributed by atoms with Crippen molar-refractivity contribution >= 4 is 52.8 Å². The maximum atomic E-state index is 13.5. The first kappa shape index (κ1) is 26.7. The number of amides is 2. The van der Waals surface area contributed by atoms with Gasteiger partial charge in [-0.05, 0) is 99.3 Å². The number of fused-ring (bicyclic) bond motifs is 3. The summed E-state index contributed by atoms with van der Waals surface area (Å²) in [7, 11) is 0. The molecule has 3 heterocycles. The maximum absolute atomic E-state index is 13.5. The first-order valence-electron chi connectivity index (χ1n) is 13.2. The molecule has 1 unspecified atom stereocenters. The van der Waals surface area contributed by atoms with Gasteiger partial charge in [-0.3, -0.25) is 9.59 Å². The Morgan fingerprint density at radius 3 is 2.38 bits per heavy atom. The summed E-state index contributed by atoms with van der Waals surface area (Å²) in [5.41, 5.74) is 1.19. The molecule has 1 N–H and O–H groups in total. The second-order valence-electron chi connectivity index (χ2n) is 10.7. The summed E-state index contributed by atoms with van der Waals surface area (Å²) >= 11 is 18.5. The summed E-state index contributed by atoms with van der Waals surface area (Å²) in [4.78, 5) is 33.7. The minimum absolute atomic E-state index is 0.167. The van der Waals surface area contributed by atoms with Gasteiger partial charge in [0.05, 0.1) is 5.41 Å². The number of carbonyl (C=O) groups excluding carboxylic acids is 2. The first-order valence-corrected chi connectivity index (χ1v) is 14.3. The summed E-state index contributed by atoms with van der Waals surface area (Å²) in [6, 6.07) is 12.3. The molecule has 8 heteroatoms. The van der Waals surface area contributed by atoms with Gasteiger partial charge < -0.3 is 10.2 Å². The molecular weight excluding hydrogens is 529 g/mol. The third kappa shape index (κ3) is 6.22. The molecule has 3 saturated heterocycles. The number of halogens is 3. The lowest BCUT2D eigenvalue weighted by Crippen LogP contribution is -2.48. The smallest absolute Gasteiger partial charge is 0.267 e. The van der Waals surface area contributed by atoms with Crippen molar-refractivity contribution in [1.29, 1.82) is 0 Å². The molecule has 2 aromatic carbocycles. The molecule has 1 aliphatic carbocycles. The van der Waals surface area contributed by atoms with Crippen LogP contribution in [0.1, 0.15) is 49.7 Å². The fourth-order valence-corrected chi connectivity index (χ4v) is 6.49. The number of piperidine rings is 3. The Hall–Kier alpha value is -1.92. The Morgan fingerprint density at radius 2 is 1.76 bits per heavy atom. The van der Waals surface area contributed by atoms with Gasteiger partial charge in [-0.25, -0.2) is 4.99 Å². The predicted octanol–water partition coefficient (Wildman–Crippen LogP) is 6.13. The molecule has 4 aliphatic rings. The molecule has 0 aromatic heterocycles. The lowest BCUT2D eigenvalue weighted by molar-refractivity contribution is -0.129. The van der Waals surface area contributed by atoms with Gasteiger partial charge in [0.15, 0.2) is 0 Å². The molecule has 3 aliphatic heterocycles. The highest BCUT2D eigenvalue weighted by Crippen LogP contribution is 2.51. The number of nitrogens with zero attached hydrogens (tertiary/aromatic N) is 2. The van der Waals surface area contributed by atoms with E-state index >= 15 is 0 Å². The minimum Gasteiger partial charge on any atom is -0.343 e. The van der Waals surface area contributed by atoms with Crippen LogP contribution in [-0.4, -0.2) is 48.6 Å². The normalized spacial score (nSPS) is 24.7. The monoisotopic (exact) mass is 559 g/mol. The molecule has 5 nitrogen and oxygen atoms in total. The Kier molecular flexibility index (Phi) is 8.25. The summed E-state index contributed by atoms with van der Waals surface area (Å²) in [5.74, 6) is 0.458. The molecule has 37 heavy (non-hydrogen) atoms. The van der Waals surface area contributed by atoms with E-state index in [1.807, 2.05) is 36.5 Å². The van der Waals surface area contributed by atoms with Gasteiger partial charge in [-0.15, -0.1) is 0 Å². The highest BCUT2D eigenvalue weighted by atomic mass is 35.5. The van der Waals surface area contributed by atoms with E-state index in [2.05, 4.69) is 15.2 Å². The zero-order valence-electron chi connectivity index (χ0n) is 20.8. The lowest BCUT2D eigenvalue weighted by atomic mass is 9.80. The van der Waals surface area contributed by atoms with Crippen LogP contribution in [0, 0.1) is 11.8 Å². The zero-order chi connectivity index (χ0) is 26.0. The number of aliphatic imine (C=N–C) groups is 1. The molecule has 1 saturated carbocycles. The Balaban J connectivity index is 1.28. The van der Waals surface area contributed by atoms with Crippen LogP contribution in [0.2, 0.25) is 15.1 Å². The molecule has 2 aromatic rings.